The molecule has 0 atom stereocenters. The molecule has 0 saturated heterocycles. The van der Waals surface area contributed by atoms with Crippen LogP contribution < -0.4 is 5.32 Å². The van der Waals surface area contributed by atoms with Crippen molar-refractivity contribution in [1.29, 1.82) is 0 Å². The average Bonchev–Trinajstić information content (AvgIpc) is 2.69. The van der Waals surface area contributed by atoms with Gasteiger partial charge in [0, 0.05) is 22.3 Å². The lowest BCUT2D eigenvalue weighted by Crippen LogP contribution is -2.03. The Morgan fingerprint density at radius 3 is 2.89 bits per heavy atom. The van der Waals surface area contributed by atoms with Crippen LogP contribution in [0.2, 0.25) is 5.02 Å². The van der Waals surface area contributed by atoms with Crippen molar-refractivity contribution in [3.8, 4) is 11.1 Å². The number of anilines is 1. The van der Waals surface area contributed by atoms with E-state index in [0.29, 0.717) is 11.4 Å². The molecule has 1 amide bonds. The van der Waals surface area contributed by atoms with Gasteiger partial charge in [0.2, 0.25) is 5.91 Å². The summed E-state index contributed by atoms with van der Waals surface area (Å²) in [6, 6.07) is 5.89. The van der Waals surface area contributed by atoms with Gasteiger partial charge in [-0.3, -0.25) is 9.78 Å². The Kier molecular flexibility index (Phi) is 2.56. The molecule has 90 valence electrons. The number of pyridine rings is 1. The van der Waals surface area contributed by atoms with Crippen molar-refractivity contribution in [2.75, 3.05) is 5.32 Å². The maximum Gasteiger partial charge on any atom is 0.228 e. The molecule has 1 aliphatic heterocycles. The standard InChI is InChI=1S/C14H11ClN2O/c1-8-2-3-9(12(15)4-8)11-6-16-7-13-10(11)5-14(18)17-13/h2-4,6-7H,5H2,1H3,(H,17,18). The van der Waals surface area contributed by atoms with Crippen molar-refractivity contribution in [3.05, 3.63) is 46.7 Å². The van der Waals surface area contributed by atoms with Gasteiger partial charge in [-0.15, -0.1) is 0 Å². The van der Waals surface area contributed by atoms with Crippen LogP contribution in [0.25, 0.3) is 11.1 Å². The van der Waals surface area contributed by atoms with E-state index in [-0.39, 0.29) is 5.91 Å². The summed E-state index contributed by atoms with van der Waals surface area (Å²) in [5, 5.41) is 3.48. The van der Waals surface area contributed by atoms with E-state index >= 15 is 0 Å². The molecule has 1 aromatic carbocycles. The summed E-state index contributed by atoms with van der Waals surface area (Å²) in [5.74, 6) is 0.00230. The van der Waals surface area contributed by atoms with E-state index in [9.17, 15) is 4.79 Å². The van der Waals surface area contributed by atoms with E-state index in [1.54, 1.807) is 12.4 Å². The molecular weight excluding hydrogens is 248 g/mol. The molecule has 1 N–H and O–H groups in total. The highest BCUT2D eigenvalue weighted by atomic mass is 35.5. The largest absolute Gasteiger partial charge is 0.324 e. The molecule has 0 fully saturated rings. The summed E-state index contributed by atoms with van der Waals surface area (Å²) in [7, 11) is 0. The number of carbonyl (C=O) groups is 1. The van der Waals surface area contributed by atoms with Crippen molar-refractivity contribution in [3.63, 3.8) is 0 Å². The second kappa shape index (κ2) is 4.10. The van der Waals surface area contributed by atoms with Crippen LogP contribution >= 0.6 is 11.6 Å². The van der Waals surface area contributed by atoms with Crippen LogP contribution in [0.15, 0.2) is 30.6 Å². The first-order valence-electron chi connectivity index (χ1n) is 5.68. The van der Waals surface area contributed by atoms with Gasteiger partial charge in [0.05, 0.1) is 18.3 Å². The summed E-state index contributed by atoms with van der Waals surface area (Å²) in [6.07, 6.45) is 3.82. The fourth-order valence-electron chi connectivity index (χ4n) is 2.21. The molecule has 1 aliphatic rings. The van der Waals surface area contributed by atoms with Crippen LogP contribution in [0.1, 0.15) is 11.1 Å². The Hall–Kier alpha value is -1.87. The van der Waals surface area contributed by atoms with Crippen LogP contribution in [0.3, 0.4) is 0 Å². The van der Waals surface area contributed by atoms with Crippen molar-refractivity contribution in [2.24, 2.45) is 0 Å². The van der Waals surface area contributed by atoms with Crippen molar-refractivity contribution < 1.29 is 4.79 Å². The lowest BCUT2D eigenvalue weighted by atomic mass is 9.99. The smallest absolute Gasteiger partial charge is 0.228 e. The van der Waals surface area contributed by atoms with E-state index in [2.05, 4.69) is 10.3 Å². The van der Waals surface area contributed by atoms with Gasteiger partial charge in [-0.05, 0) is 24.1 Å². The van der Waals surface area contributed by atoms with Gasteiger partial charge in [0.1, 0.15) is 0 Å². The van der Waals surface area contributed by atoms with Gasteiger partial charge in [0.15, 0.2) is 0 Å². The molecule has 2 heterocycles. The van der Waals surface area contributed by atoms with E-state index in [1.807, 2.05) is 25.1 Å². The second-order valence-electron chi connectivity index (χ2n) is 4.42. The van der Waals surface area contributed by atoms with Crippen LogP contribution in [0, 0.1) is 6.92 Å². The zero-order chi connectivity index (χ0) is 12.7. The highest BCUT2D eigenvalue weighted by Gasteiger charge is 2.22. The number of nitrogens with one attached hydrogen (secondary N) is 1. The molecule has 0 aliphatic carbocycles. The number of hydrogen-bond donors (Lipinski definition) is 1. The van der Waals surface area contributed by atoms with Crippen molar-refractivity contribution in [2.45, 2.75) is 13.3 Å². The zero-order valence-electron chi connectivity index (χ0n) is 9.83. The number of benzene rings is 1. The number of carbonyl (C=O) groups excluding carboxylic acids is 1. The molecule has 0 radical (unpaired) electrons. The third kappa shape index (κ3) is 1.77. The Labute approximate surface area is 110 Å². The summed E-state index contributed by atoms with van der Waals surface area (Å²) in [4.78, 5) is 15.6. The average molecular weight is 259 g/mol. The summed E-state index contributed by atoms with van der Waals surface area (Å²) in [5.41, 5.74) is 4.72. The first-order valence-corrected chi connectivity index (χ1v) is 6.06. The molecule has 3 rings (SSSR count). The van der Waals surface area contributed by atoms with Crippen LogP contribution in [-0.4, -0.2) is 10.9 Å². The molecule has 4 heteroatoms. The fraction of sp³-hybridized carbons (Fsp3) is 0.143. The number of hydrogen-bond acceptors (Lipinski definition) is 2. The lowest BCUT2D eigenvalue weighted by molar-refractivity contribution is -0.115. The summed E-state index contributed by atoms with van der Waals surface area (Å²) < 4.78 is 0. The van der Waals surface area contributed by atoms with E-state index in [0.717, 1.165) is 27.9 Å². The third-order valence-corrected chi connectivity index (χ3v) is 3.40. The number of rotatable bonds is 1. The SMILES string of the molecule is Cc1ccc(-c2cncc3c2CC(=O)N3)c(Cl)c1. The van der Waals surface area contributed by atoms with Gasteiger partial charge in [0.25, 0.3) is 0 Å². The molecule has 0 bridgehead atoms. The second-order valence-corrected chi connectivity index (χ2v) is 4.83. The highest BCUT2D eigenvalue weighted by molar-refractivity contribution is 6.33. The minimum absolute atomic E-state index is 0.00230. The number of aromatic nitrogens is 1. The van der Waals surface area contributed by atoms with Crippen LogP contribution in [0.5, 0.6) is 0 Å². The Morgan fingerprint density at radius 1 is 1.28 bits per heavy atom. The summed E-state index contributed by atoms with van der Waals surface area (Å²) in [6.45, 7) is 1.99. The lowest BCUT2D eigenvalue weighted by Gasteiger charge is -2.09. The van der Waals surface area contributed by atoms with Crippen molar-refractivity contribution in [1.82, 2.24) is 4.98 Å². The van der Waals surface area contributed by atoms with E-state index < -0.39 is 0 Å². The van der Waals surface area contributed by atoms with Gasteiger partial charge in [-0.1, -0.05) is 23.7 Å². The molecule has 2 aromatic rings. The minimum atomic E-state index is 0.00230. The molecule has 0 spiro atoms. The van der Waals surface area contributed by atoms with Crippen molar-refractivity contribution >= 4 is 23.2 Å². The molecule has 0 saturated carbocycles. The third-order valence-electron chi connectivity index (χ3n) is 3.08. The molecule has 18 heavy (non-hydrogen) atoms. The Bertz CT molecular complexity index is 652. The zero-order valence-corrected chi connectivity index (χ0v) is 10.6. The van der Waals surface area contributed by atoms with Crippen LogP contribution in [0.4, 0.5) is 5.69 Å². The van der Waals surface area contributed by atoms with E-state index in [4.69, 9.17) is 11.6 Å². The predicted molar refractivity (Wildman–Crippen MR) is 71.8 cm³/mol. The topological polar surface area (TPSA) is 42.0 Å². The monoisotopic (exact) mass is 258 g/mol. The molecule has 1 aromatic heterocycles. The summed E-state index contributed by atoms with van der Waals surface area (Å²) >= 11 is 6.27. The van der Waals surface area contributed by atoms with Crippen LogP contribution in [-0.2, 0) is 11.2 Å². The first-order chi connectivity index (χ1) is 8.65. The number of halogens is 1. The highest BCUT2D eigenvalue weighted by Crippen LogP contribution is 2.36. The maximum atomic E-state index is 11.5. The first kappa shape index (κ1) is 11.2. The minimum Gasteiger partial charge on any atom is -0.324 e. The normalized spacial score (nSPS) is 13.3. The molecule has 0 unspecified atom stereocenters. The Balaban J connectivity index is 2.19. The Morgan fingerprint density at radius 2 is 2.11 bits per heavy atom. The molecular formula is C14H11ClN2O. The number of aryl methyl sites for hydroxylation is 1. The number of fused-ring (bicyclic) bond motifs is 1. The van der Waals surface area contributed by atoms with Gasteiger partial charge < -0.3 is 5.32 Å². The predicted octanol–water partition coefficient (Wildman–Crippen LogP) is 3.21. The van der Waals surface area contributed by atoms with Gasteiger partial charge in [-0.25, -0.2) is 0 Å². The van der Waals surface area contributed by atoms with Gasteiger partial charge >= 0.3 is 0 Å². The quantitative estimate of drug-likeness (QED) is 0.853. The maximum absolute atomic E-state index is 11.5. The fourth-order valence-corrected chi connectivity index (χ4v) is 2.55. The molecule has 3 nitrogen and oxygen atoms in total. The van der Waals surface area contributed by atoms with Gasteiger partial charge in [-0.2, -0.15) is 0 Å². The number of nitrogens with zero attached hydrogens (tertiary/aromatic N) is 1. The number of amides is 1. The van der Waals surface area contributed by atoms with E-state index in [1.165, 1.54) is 0 Å².